The Hall–Kier alpha value is -3.53. The van der Waals surface area contributed by atoms with Crippen LogP contribution in [0.2, 0.25) is 0 Å². The average molecular weight is 483 g/mol. The van der Waals surface area contributed by atoms with Crippen molar-refractivity contribution in [2.24, 2.45) is 5.92 Å². The molecular weight excluding hydrogens is 459 g/mol. The summed E-state index contributed by atoms with van der Waals surface area (Å²) in [7, 11) is 2.74. The number of thioether (sulfide) groups is 1. The van der Waals surface area contributed by atoms with Gasteiger partial charge < -0.3 is 25.3 Å². The molecule has 2 amide bonds. The third kappa shape index (κ3) is 3.98. The van der Waals surface area contributed by atoms with Crippen molar-refractivity contribution in [3.8, 4) is 0 Å². The van der Waals surface area contributed by atoms with E-state index in [-0.39, 0.29) is 22.8 Å². The van der Waals surface area contributed by atoms with E-state index in [0.717, 1.165) is 34.7 Å². The fourth-order valence-electron chi connectivity index (χ4n) is 4.22. The van der Waals surface area contributed by atoms with Gasteiger partial charge in [0.2, 0.25) is 5.91 Å². The zero-order valence-corrected chi connectivity index (χ0v) is 19.5. The van der Waals surface area contributed by atoms with Crippen LogP contribution in [0.25, 0.3) is 10.9 Å². The fraction of sp³-hybridized carbons (Fsp3) is 0.292. The summed E-state index contributed by atoms with van der Waals surface area (Å²) in [6, 6.07) is 8.10. The normalized spacial score (nSPS) is 15.0. The molecule has 1 aromatic heterocycles. The van der Waals surface area contributed by atoms with Crippen molar-refractivity contribution in [1.82, 2.24) is 4.57 Å². The molecule has 0 atom stereocenters. The minimum absolute atomic E-state index is 0.0124. The number of carbonyl (C=O) groups excluding carboxylic acids is 3. The molecule has 1 aliphatic carbocycles. The maximum absolute atomic E-state index is 14.6. The minimum atomic E-state index is -0.709. The van der Waals surface area contributed by atoms with Crippen LogP contribution >= 0.6 is 11.8 Å². The van der Waals surface area contributed by atoms with Crippen molar-refractivity contribution in [1.29, 1.82) is 0 Å². The summed E-state index contributed by atoms with van der Waals surface area (Å²) < 4.78 is 21.3. The fourth-order valence-corrected chi connectivity index (χ4v) is 5.03. The number of nitrogens with zero attached hydrogens (tertiary/aromatic N) is 1. The van der Waals surface area contributed by atoms with Gasteiger partial charge in [-0.2, -0.15) is 0 Å². The lowest BCUT2D eigenvalue weighted by atomic mass is 10.1. The summed E-state index contributed by atoms with van der Waals surface area (Å²) in [6.07, 6.45) is 2.15. The van der Waals surface area contributed by atoms with E-state index in [1.165, 1.54) is 32.0 Å². The summed E-state index contributed by atoms with van der Waals surface area (Å²) in [5.74, 6) is -1.11. The number of nitrogens with one attached hydrogen (secondary N) is 3. The Kier molecular flexibility index (Phi) is 5.68. The zero-order valence-electron chi connectivity index (χ0n) is 18.7. The van der Waals surface area contributed by atoms with Crippen LogP contribution in [0.4, 0.5) is 21.5 Å². The van der Waals surface area contributed by atoms with Crippen LogP contribution in [-0.2, 0) is 16.1 Å². The van der Waals surface area contributed by atoms with Crippen LogP contribution in [-0.4, -0.2) is 42.3 Å². The number of fused-ring (bicyclic) bond motifs is 3. The van der Waals surface area contributed by atoms with Gasteiger partial charge in [-0.1, -0.05) is 6.07 Å². The standard InChI is InChI=1S/C24H23FN4O4S/c1-26-20-15(25)7-14(24(32)33-2)8-16(20)27-23(31)17-9-13-5-6-18-21(28-19(30)11-34-18)22(13)29(17)10-12-3-4-12/h5-9,12,26H,3-4,10-11H2,1-2H3,(H,27,31)(H,28,30). The number of hydrogen-bond acceptors (Lipinski definition) is 6. The molecule has 1 fully saturated rings. The third-order valence-electron chi connectivity index (χ3n) is 6.03. The number of benzene rings is 2. The van der Waals surface area contributed by atoms with Gasteiger partial charge in [-0.15, -0.1) is 11.8 Å². The molecule has 1 saturated carbocycles. The molecule has 2 heterocycles. The number of ether oxygens (including phenoxy) is 1. The van der Waals surface area contributed by atoms with Gasteiger partial charge in [0.25, 0.3) is 5.91 Å². The van der Waals surface area contributed by atoms with Crippen LogP contribution in [0, 0.1) is 11.7 Å². The molecule has 0 radical (unpaired) electrons. The molecule has 3 aromatic rings. The number of halogens is 1. The Balaban J connectivity index is 1.59. The maximum Gasteiger partial charge on any atom is 0.338 e. The number of rotatable bonds is 6. The van der Waals surface area contributed by atoms with Crippen molar-refractivity contribution in [2.75, 3.05) is 35.9 Å². The smallest absolute Gasteiger partial charge is 0.338 e. The number of anilines is 3. The maximum atomic E-state index is 14.6. The van der Waals surface area contributed by atoms with E-state index < -0.39 is 17.7 Å². The topological polar surface area (TPSA) is 101 Å². The highest BCUT2D eigenvalue weighted by molar-refractivity contribution is 8.00. The van der Waals surface area contributed by atoms with E-state index in [2.05, 4.69) is 16.0 Å². The monoisotopic (exact) mass is 482 g/mol. The largest absolute Gasteiger partial charge is 0.465 e. The molecule has 10 heteroatoms. The summed E-state index contributed by atoms with van der Waals surface area (Å²) in [5, 5.41) is 9.29. The molecule has 1 aliphatic heterocycles. The highest BCUT2D eigenvalue weighted by atomic mass is 32.2. The van der Waals surface area contributed by atoms with Crippen LogP contribution in [0.5, 0.6) is 0 Å². The second-order valence-corrected chi connectivity index (χ2v) is 9.39. The number of hydrogen-bond donors (Lipinski definition) is 3. The Bertz CT molecular complexity index is 1350. The predicted molar refractivity (Wildman–Crippen MR) is 129 cm³/mol. The molecule has 0 spiro atoms. The Morgan fingerprint density at radius 2 is 2.06 bits per heavy atom. The Labute approximate surface area is 199 Å². The SMILES string of the molecule is CNc1c(F)cc(C(=O)OC)cc1NC(=O)c1cc2ccc3c(c2n1CC1CC1)NC(=O)CS3. The van der Waals surface area contributed by atoms with Crippen LogP contribution < -0.4 is 16.0 Å². The molecule has 8 nitrogen and oxygen atoms in total. The van der Waals surface area contributed by atoms with Crippen LogP contribution in [0.15, 0.2) is 35.2 Å². The molecule has 34 heavy (non-hydrogen) atoms. The molecule has 2 aliphatic rings. The number of carbonyl (C=O) groups is 3. The van der Waals surface area contributed by atoms with E-state index >= 15 is 0 Å². The first kappa shape index (κ1) is 22.3. The molecular formula is C24H23FN4O4S. The van der Waals surface area contributed by atoms with Gasteiger partial charge in [-0.3, -0.25) is 9.59 Å². The number of esters is 1. The summed E-state index contributed by atoms with van der Waals surface area (Å²) in [6.45, 7) is 0.638. The van der Waals surface area contributed by atoms with E-state index in [0.29, 0.717) is 29.6 Å². The molecule has 0 saturated heterocycles. The molecule has 3 N–H and O–H groups in total. The quantitative estimate of drug-likeness (QED) is 0.453. The summed E-state index contributed by atoms with van der Waals surface area (Å²) >= 11 is 1.47. The molecule has 0 bridgehead atoms. The van der Waals surface area contributed by atoms with Gasteiger partial charge in [0.1, 0.15) is 11.5 Å². The van der Waals surface area contributed by atoms with Crippen molar-refractivity contribution < 1.29 is 23.5 Å². The highest BCUT2D eigenvalue weighted by Crippen LogP contribution is 2.41. The molecule has 176 valence electrons. The molecule has 2 aromatic carbocycles. The van der Waals surface area contributed by atoms with Gasteiger partial charge in [0, 0.05) is 23.9 Å². The van der Waals surface area contributed by atoms with Crippen molar-refractivity contribution in [3.05, 3.63) is 47.4 Å². The van der Waals surface area contributed by atoms with Gasteiger partial charge in [-0.25, -0.2) is 9.18 Å². The minimum Gasteiger partial charge on any atom is -0.465 e. The van der Waals surface area contributed by atoms with Gasteiger partial charge in [0.05, 0.1) is 41.0 Å². The second-order valence-electron chi connectivity index (χ2n) is 8.37. The van der Waals surface area contributed by atoms with Crippen molar-refractivity contribution >= 4 is 57.5 Å². The molecule has 5 rings (SSSR count). The van der Waals surface area contributed by atoms with Gasteiger partial charge in [-0.05, 0) is 43.0 Å². The molecule has 0 unspecified atom stereocenters. The third-order valence-corrected chi connectivity index (χ3v) is 7.08. The summed E-state index contributed by atoms with van der Waals surface area (Å²) in [5.41, 5.74) is 2.09. The first-order valence-corrected chi connectivity index (χ1v) is 11.9. The average Bonchev–Trinajstić information content (AvgIpc) is 3.56. The zero-order chi connectivity index (χ0) is 24.0. The van der Waals surface area contributed by atoms with E-state index in [1.807, 2.05) is 16.7 Å². The highest BCUT2D eigenvalue weighted by Gasteiger charge is 2.29. The van der Waals surface area contributed by atoms with E-state index in [1.54, 1.807) is 6.07 Å². The van der Waals surface area contributed by atoms with Crippen molar-refractivity contribution in [2.45, 2.75) is 24.3 Å². The second kappa shape index (κ2) is 8.68. The Morgan fingerprint density at radius 1 is 1.26 bits per heavy atom. The Morgan fingerprint density at radius 3 is 2.76 bits per heavy atom. The first-order chi connectivity index (χ1) is 16.4. The van der Waals surface area contributed by atoms with E-state index in [4.69, 9.17) is 4.74 Å². The number of amides is 2. The van der Waals surface area contributed by atoms with Gasteiger partial charge in [0.15, 0.2) is 0 Å². The lowest BCUT2D eigenvalue weighted by Gasteiger charge is -2.20. The number of aromatic nitrogens is 1. The predicted octanol–water partition coefficient (Wildman–Crippen LogP) is 4.32. The lowest BCUT2D eigenvalue weighted by molar-refractivity contribution is -0.113. The number of methoxy groups -OCH3 is 1. The van der Waals surface area contributed by atoms with Crippen molar-refractivity contribution in [3.63, 3.8) is 0 Å². The van der Waals surface area contributed by atoms with Crippen LogP contribution in [0.1, 0.15) is 33.7 Å². The van der Waals surface area contributed by atoms with E-state index in [9.17, 15) is 18.8 Å². The lowest BCUT2D eigenvalue weighted by Crippen LogP contribution is -2.21. The summed E-state index contributed by atoms with van der Waals surface area (Å²) in [4.78, 5) is 38.5. The first-order valence-electron chi connectivity index (χ1n) is 10.9. The van der Waals surface area contributed by atoms with Gasteiger partial charge >= 0.3 is 5.97 Å². The van der Waals surface area contributed by atoms with Crippen LogP contribution in [0.3, 0.4) is 0 Å².